The molecular weight excluding hydrogens is 264 g/mol. The predicted molar refractivity (Wildman–Crippen MR) is 74.5 cm³/mol. The Morgan fingerprint density at radius 1 is 1.42 bits per heavy atom. The van der Waals surface area contributed by atoms with Crippen LogP contribution in [0.5, 0.6) is 5.75 Å². The molecule has 1 fully saturated rings. The zero-order valence-electron chi connectivity index (χ0n) is 11.1. The van der Waals surface area contributed by atoms with Gasteiger partial charge in [0.2, 0.25) is 0 Å². The van der Waals surface area contributed by atoms with Gasteiger partial charge in [-0.1, -0.05) is 18.5 Å². The Bertz CT molecular complexity index is 463. The first-order valence-corrected chi connectivity index (χ1v) is 7.12. The van der Waals surface area contributed by atoms with E-state index in [1.54, 1.807) is 0 Å². The standard InChI is InChI=1S/C14H19ClN2O2/c1-2-17(13-5-16-6-13)7-10-3-12(15)4-11-8-18-9-19-14(10)11/h3-4,13,16H,2,5-9H2,1H3. The predicted octanol–water partition coefficient (Wildman–Crippen LogP) is 2.00. The number of rotatable bonds is 4. The summed E-state index contributed by atoms with van der Waals surface area (Å²) < 4.78 is 11.0. The maximum atomic E-state index is 6.19. The van der Waals surface area contributed by atoms with E-state index in [9.17, 15) is 0 Å². The second-order valence-corrected chi connectivity index (χ2v) is 5.48. The number of halogens is 1. The third-order valence-electron chi connectivity index (χ3n) is 3.81. The number of ether oxygens (including phenoxy) is 2. The fraction of sp³-hybridized carbons (Fsp3) is 0.571. The van der Waals surface area contributed by atoms with Gasteiger partial charge in [0, 0.05) is 41.8 Å². The molecular formula is C14H19ClN2O2. The van der Waals surface area contributed by atoms with E-state index < -0.39 is 0 Å². The summed E-state index contributed by atoms with van der Waals surface area (Å²) in [6.07, 6.45) is 0. The molecule has 0 radical (unpaired) electrons. The van der Waals surface area contributed by atoms with Gasteiger partial charge in [0.1, 0.15) is 5.75 Å². The number of benzene rings is 1. The van der Waals surface area contributed by atoms with Gasteiger partial charge >= 0.3 is 0 Å². The first-order chi connectivity index (χ1) is 9.28. The van der Waals surface area contributed by atoms with Crippen molar-refractivity contribution in [1.29, 1.82) is 0 Å². The molecule has 19 heavy (non-hydrogen) atoms. The molecule has 3 rings (SSSR count). The van der Waals surface area contributed by atoms with E-state index in [-0.39, 0.29) is 0 Å². The van der Waals surface area contributed by atoms with Gasteiger partial charge in [-0.2, -0.15) is 0 Å². The molecule has 0 amide bonds. The largest absolute Gasteiger partial charge is 0.467 e. The van der Waals surface area contributed by atoms with Gasteiger partial charge in [-0.25, -0.2) is 0 Å². The first-order valence-electron chi connectivity index (χ1n) is 6.74. The zero-order chi connectivity index (χ0) is 13.2. The van der Waals surface area contributed by atoms with Gasteiger partial charge in [-0.3, -0.25) is 4.90 Å². The van der Waals surface area contributed by atoms with Crippen LogP contribution >= 0.6 is 11.6 Å². The van der Waals surface area contributed by atoms with Crippen LogP contribution in [0.3, 0.4) is 0 Å². The molecule has 1 N–H and O–H groups in total. The first kappa shape index (κ1) is 13.2. The highest BCUT2D eigenvalue weighted by Gasteiger charge is 2.25. The average Bonchev–Trinajstić information content (AvgIpc) is 2.35. The molecule has 0 aliphatic carbocycles. The molecule has 0 spiro atoms. The van der Waals surface area contributed by atoms with Crippen LogP contribution < -0.4 is 10.1 Å². The van der Waals surface area contributed by atoms with E-state index in [0.29, 0.717) is 19.4 Å². The molecule has 0 atom stereocenters. The van der Waals surface area contributed by atoms with Crippen molar-refractivity contribution >= 4 is 11.6 Å². The third-order valence-corrected chi connectivity index (χ3v) is 4.03. The smallest absolute Gasteiger partial charge is 0.189 e. The molecule has 4 nitrogen and oxygen atoms in total. The lowest BCUT2D eigenvalue weighted by Crippen LogP contribution is -2.56. The second kappa shape index (κ2) is 5.67. The van der Waals surface area contributed by atoms with Crippen LogP contribution in [0.25, 0.3) is 0 Å². The Labute approximate surface area is 118 Å². The highest BCUT2D eigenvalue weighted by molar-refractivity contribution is 6.30. The fourth-order valence-electron chi connectivity index (χ4n) is 2.62. The summed E-state index contributed by atoms with van der Waals surface area (Å²) >= 11 is 6.19. The fourth-order valence-corrected chi connectivity index (χ4v) is 2.89. The van der Waals surface area contributed by atoms with Gasteiger partial charge in [0.05, 0.1) is 6.61 Å². The van der Waals surface area contributed by atoms with E-state index in [1.165, 1.54) is 5.56 Å². The number of likely N-dealkylation sites (N-methyl/N-ethyl adjacent to an activating group) is 1. The van der Waals surface area contributed by atoms with Crippen LogP contribution in [0.15, 0.2) is 12.1 Å². The van der Waals surface area contributed by atoms with Crippen molar-refractivity contribution in [3.05, 3.63) is 28.3 Å². The topological polar surface area (TPSA) is 33.7 Å². The summed E-state index contributed by atoms with van der Waals surface area (Å²) in [5.74, 6) is 0.960. The number of nitrogens with zero attached hydrogens (tertiary/aromatic N) is 1. The van der Waals surface area contributed by atoms with Crippen LogP contribution in [-0.4, -0.2) is 37.4 Å². The normalized spacial score (nSPS) is 18.9. The lowest BCUT2D eigenvalue weighted by Gasteiger charge is -2.38. The Morgan fingerprint density at radius 3 is 2.95 bits per heavy atom. The van der Waals surface area contributed by atoms with Gasteiger partial charge < -0.3 is 14.8 Å². The van der Waals surface area contributed by atoms with Crippen LogP contribution in [0, 0.1) is 0 Å². The number of hydrogen-bond donors (Lipinski definition) is 1. The molecule has 2 aliphatic heterocycles. The number of nitrogens with one attached hydrogen (secondary N) is 1. The minimum atomic E-state index is 0.332. The van der Waals surface area contributed by atoms with Gasteiger partial charge in [-0.15, -0.1) is 0 Å². The zero-order valence-corrected chi connectivity index (χ0v) is 11.9. The van der Waals surface area contributed by atoms with Crippen LogP contribution in [0.2, 0.25) is 5.02 Å². The summed E-state index contributed by atoms with van der Waals surface area (Å²) in [4.78, 5) is 2.46. The molecule has 2 heterocycles. The van der Waals surface area contributed by atoms with Crippen LogP contribution in [0.4, 0.5) is 0 Å². The van der Waals surface area contributed by atoms with Gasteiger partial charge in [-0.05, 0) is 18.7 Å². The van der Waals surface area contributed by atoms with E-state index in [0.717, 1.165) is 42.5 Å². The minimum Gasteiger partial charge on any atom is -0.467 e. The van der Waals surface area contributed by atoms with E-state index in [1.807, 2.05) is 12.1 Å². The number of hydrogen-bond acceptors (Lipinski definition) is 4. The average molecular weight is 283 g/mol. The van der Waals surface area contributed by atoms with E-state index in [2.05, 4.69) is 17.1 Å². The maximum Gasteiger partial charge on any atom is 0.189 e. The lowest BCUT2D eigenvalue weighted by molar-refractivity contribution is -0.0177. The van der Waals surface area contributed by atoms with Crippen LogP contribution in [-0.2, 0) is 17.9 Å². The molecule has 0 unspecified atom stereocenters. The van der Waals surface area contributed by atoms with Gasteiger partial charge in [0.15, 0.2) is 6.79 Å². The maximum absolute atomic E-state index is 6.19. The molecule has 1 saturated heterocycles. The molecule has 0 aromatic heterocycles. The molecule has 1 aromatic carbocycles. The quantitative estimate of drug-likeness (QED) is 0.916. The third kappa shape index (κ3) is 2.72. The Kier molecular flexibility index (Phi) is 3.93. The van der Waals surface area contributed by atoms with Crippen molar-refractivity contribution in [3.8, 4) is 5.75 Å². The van der Waals surface area contributed by atoms with Gasteiger partial charge in [0.25, 0.3) is 0 Å². The molecule has 0 saturated carbocycles. The monoisotopic (exact) mass is 282 g/mol. The van der Waals surface area contributed by atoms with Crippen molar-refractivity contribution < 1.29 is 9.47 Å². The van der Waals surface area contributed by atoms with Crippen molar-refractivity contribution in [1.82, 2.24) is 10.2 Å². The molecule has 5 heteroatoms. The summed E-state index contributed by atoms with van der Waals surface area (Å²) in [7, 11) is 0. The van der Waals surface area contributed by atoms with Crippen molar-refractivity contribution in [2.24, 2.45) is 0 Å². The van der Waals surface area contributed by atoms with E-state index >= 15 is 0 Å². The Hall–Kier alpha value is -0.810. The summed E-state index contributed by atoms with van der Waals surface area (Å²) in [5.41, 5.74) is 2.22. The lowest BCUT2D eigenvalue weighted by atomic mass is 10.1. The van der Waals surface area contributed by atoms with Crippen molar-refractivity contribution in [2.75, 3.05) is 26.4 Å². The molecule has 2 aliphatic rings. The molecule has 1 aromatic rings. The van der Waals surface area contributed by atoms with Crippen molar-refractivity contribution in [2.45, 2.75) is 26.1 Å². The second-order valence-electron chi connectivity index (χ2n) is 5.04. The van der Waals surface area contributed by atoms with Crippen molar-refractivity contribution in [3.63, 3.8) is 0 Å². The SMILES string of the molecule is CCN(Cc1cc(Cl)cc2c1OCOC2)C1CNC1. The van der Waals surface area contributed by atoms with E-state index in [4.69, 9.17) is 21.1 Å². The number of fused-ring (bicyclic) bond motifs is 1. The summed E-state index contributed by atoms with van der Waals surface area (Å²) in [5, 5.41) is 4.07. The summed E-state index contributed by atoms with van der Waals surface area (Å²) in [6, 6.07) is 4.57. The highest BCUT2D eigenvalue weighted by atomic mass is 35.5. The molecule has 104 valence electrons. The summed E-state index contributed by atoms with van der Waals surface area (Å²) in [6.45, 7) is 7.16. The molecule has 0 bridgehead atoms. The highest BCUT2D eigenvalue weighted by Crippen LogP contribution is 2.32. The Morgan fingerprint density at radius 2 is 2.26 bits per heavy atom. The minimum absolute atomic E-state index is 0.332. The van der Waals surface area contributed by atoms with Crippen LogP contribution in [0.1, 0.15) is 18.1 Å². The Balaban J connectivity index is 1.84.